The number of likely N-dealkylation sites (tertiary alicyclic amines) is 1. The highest BCUT2D eigenvalue weighted by atomic mass is 16.4. The number of carboxylic acid groups (broad SMARTS) is 1. The second-order valence-electron chi connectivity index (χ2n) is 4.15. The van der Waals surface area contributed by atoms with Crippen LogP contribution in [0.3, 0.4) is 0 Å². The monoisotopic (exact) mass is 220 g/mol. The predicted octanol–water partition coefficient (Wildman–Crippen LogP) is 1.35. The van der Waals surface area contributed by atoms with Gasteiger partial charge in [0.2, 0.25) is 0 Å². The Morgan fingerprint density at radius 1 is 1.44 bits per heavy atom. The Hall–Kier alpha value is -1.42. The lowest BCUT2D eigenvalue weighted by Crippen LogP contribution is -2.30. The summed E-state index contributed by atoms with van der Waals surface area (Å²) in [5, 5.41) is 9.22. The largest absolute Gasteiger partial charge is 0.481 e. The Kier molecular flexibility index (Phi) is 3.51. The van der Waals surface area contributed by atoms with Crippen molar-refractivity contribution in [1.29, 1.82) is 0 Å². The van der Waals surface area contributed by atoms with Crippen LogP contribution in [0.4, 0.5) is 0 Å². The smallest absolute Gasteiger partial charge is 0.313 e. The molecule has 0 spiro atoms. The maximum atomic E-state index is 11.2. The van der Waals surface area contributed by atoms with Gasteiger partial charge in [0.25, 0.3) is 0 Å². The molecule has 2 rings (SSSR count). The van der Waals surface area contributed by atoms with Crippen LogP contribution in [-0.4, -0.2) is 40.6 Å². The van der Waals surface area contributed by atoms with E-state index < -0.39 is 11.9 Å². The van der Waals surface area contributed by atoms with Crippen LogP contribution in [-0.2, 0) is 4.79 Å². The molecule has 1 aromatic rings. The molecule has 86 valence electrons. The van der Waals surface area contributed by atoms with Crippen molar-refractivity contribution < 1.29 is 9.90 Å². The Balaban J connectivity index is 2.08. The van der Waals surface area contributed by atoms with Gasteiger partial charge in [-0.05, 0) is 38.1 Å². The molecule has 1 unspecified atom stereocenters. The molecule has 1 aliphatic heterocycles. The molecule has 1 N–H and O–H groups in total. The molecule has 2 heterocycles. The quantitative estimate of drug-likeness (QED) is 0.832. The summed E-state index contributed by atoms with van der Waals surface area (Å²) in [6, 6.07) is 5.43. The van der Waals surface area contributed by atoms with Gasteiger partial charge >= 0.3 is 5.97 Å². The summed E-state index contributed by atoms with van der Waals surface area (Å²) in [6.07, 6.45) is 4.00. The van der Waals surface area contributed by atoms with Crippen LogP contribution >= 0.6 is 0 Å². The first kappa shape index (κ1) is 11.1. The zero-order valence-electron chi connectivity index (χ0n) is 9.17. The SMILES string of the molecule is O=C(O)C(CN1CCCC1)c1ccccn1. The van der Waals surface area contributed by atoms with E-state index in [0.29, 0.717) is 12.2 Å². The van der Waals surface area contributed by atoms with Crippen LogP contribution < -0.4 is 0 Å². The second-order valence-corrected chi connectivity index (χ2v) is 4.15. The van der Waals surface area contributed by atoms with E-state index in [1.165, 1.54) is 12.8 Å². The number of hydrogen-bond acceptors (Lipinski definition) is 3. The topological polar surface area (TPSA) is 53.4 Å². The van der Waals surface area contributed by atoms with E-state index in [-0.39, 0.29) is 0 Å². The summed E-state index contributed by atoms with van der Waals surface area (Å²) in [7, 11) is 0. The van der Waals surface area contributed by atoms with E-state index in [1.54, 1.807) is 18.3 Å². The van der Waals surface area contributed by atoms with Crippen molar-refractivity contribution in [3.63, 3.8) is 0 Å². The van der Waals surface area contributed by atoms with Crippen molar-refractivity contribution in [3.05, 3.63) is 30.1 Å². The lowest BCUT2D eigenvalue weighted by Gasteiger charge is -2.19. The predicted molar refractivity (Wildman–Crippen MR) is 60.3 cm³/mol. The van der Waals surface area contributed by atoms with E-state index in [9.17, 15) is 9.90 Å². The molecular weight excluding hydrogens is 204 g/mol. The van der Waals surface area contributed by atoms with E-state index in [1.807, 2.05) is 6.07 Å². The summed E-state index contributed by atoms with van der Waals surface area (Å²) >= 11 is 0. The molecule has 1 fully saturated rings. The van der Waals surface area contributed by atoms with Crippen LogP contribution in [0.5, 0.6) is 0 Å². The highest BCUT2D eigenvalue weighted by molar-refractivity contribution is 5.75. The maximum Gasteiger partial charge on any atom is 0.313 e. The van der Waals surface area contributed by atoms with Gasteiger partial charge in [0.1, 0.15) is 5.92 Å². The number of hydrogen-bond donors (Lipinski definition) is 1. The van der Waals surface area contributed by atoms with Gasteiger partial charge in [0, 0.05) is 12.7 Å². The molecule has 1 aromatic heterocycles. The molecule has 4 heteroatoms. The third kappa shape index (κ3) is 2.58. The highest BCUT2D eigenvalue weighted by Crippen LogP contribution is 2.18. The number of rotatable bonds is 4. The second kappa shape index (κ2) is 5.07. The minimum Gasteiger partial charge on any atom is -0.481 e. The van der Waals surface area contributed by atoms with E-state index in [4.69, 9.17) is 0 Å². The van der Waals surface area contributed by atoms with Crippen molar-refractivity contribution in [2.75, 3.05) is 19.6 Å². The van der Waals surface area contributed by atoms with E-state index in [0.717, 1.165) is 13.1 Å². The molecule has 1 aliphatic rings. The van der Waals surface area contributed by atoms with Gasteiger partial charge in [-0.1, -0.05) is 6.07 Å². The molecule has 0 radical (unpaired) electrons. The summed E-state index contributed by atoms with van der Waals surface area (Å²) < 4.78 is 0. The van der Waals surface area contributed by atoms with Crippen LogP contribution in [0, 0.1) is 0 Å². The zero-order valence-corrected chi connectivity index (χ0v) is 9.17. The molecule has 1 atom stereocenters. The fraction of sp³-hybridized carbons (Fsp3) is 0.500. The summed E-state index contributed by atoms with van der Waals surface area (Å²) in [4.78, 5) is 17.6. The number of aliphatic carboxylic acids is 1. The first-order chi connectivity index (χ1) is 7.77. The van der Waals surface area contributed by atoms with Crippen molar-refractivity contribution >= 4 is 5.97 Å². The summed E-state index contributed by atoms with van der Waals surface area (Å²) in [6.45, 7) is 2.60. The van der Waals surface area contributed by atoms with E-state index in [2.05, 4.69) is 9.88 Å². The average Bonchev–Trinajstić information content (AvgIpc) is 2.79. The van der Waals surface area contributed by atoms with Crippen molar-refractivity contribution in [2.45, 2.75) is 18.8 Å². The van der Waals surface area contributed by atoms with Gasteiger partial charge in [-0.25, -0.2) is 0 Å². The molecule has 16 heavy (non-hydrogen) atoms. The van der Waals surface area contributed by atoms with E-state index >= 15 is 0 Å². The molecular formula is C12H16N2O2. The third-order valence-corrected chi connectivity index (χ3v) is 2.98. The zero-order chi connectivity index (χ0) is 11.4. The first-order valence-electron chi connectivity index (χ1n) is 5.63. The van der Waals surface area contributed by atoms with Gasteiger partial charge in [-0.2, -0.15) is 0 Å². The van der Waals surface area contributed by atoms with Gasteiger partial charge in [-0.3, -0.25) is 9.78 Å². The summed E-state index contributed by atoms with van der Waals surface area (Å²) in [5.41, 5.74) is 0.655. The minimum atomic E-state index is -0.786. The molecule has 0 amide bonds. The fourth-order valence-electron chi connectivity index (χ4n) is 2.10. The number of aromatic nitrogens is 1. The van der Waals surface area contributed by atoms with Gasteiger partial charge in [0.15, 0.2) is 0 Å². The van der Waals surface area contributed by atoms with Crippen LogP contribution in [0.2, 0.25) is 0 Å². The third-order valence-electron chi connectivity index (χ3n) is 2.98. The standard InChI is InChI=1S/C12H16N2O2/c15-12(16)10(9-14-7-3-4-8-14)11-5-1-2-6-13-11/h1-2,5-6,10H,3-4,7-9H2,(H,15,16). The van der Waals surface area contributed by atoms with Crippen molar-refractivity contribution in [3.8, 4) is 0 Å². The number of nitrogens with zero attached hydrogens (tertiary/aromatic N) is 2. The molecule has 0 bridgehead atoms. The Morgan fingerprint density at radius 3 is 2.75 bits per heavy atom. The first-order valence-corrected chi connectivity index (χ1v) is 5.63. The van der Waals surface area contributed by atoms with Gasteiger partial charge < -0.3 is 10.0 Å². The molecule has 0 aliphatic carbocycles. The number of carbonyl (C=O) groups is 1. The number of carboxylic acids is 1. The number of pyridine rings is 1. The lowest BCUT2D eigenvalue weighted by molar-refractivity contribution is -0.139. The summed E-state index contributed by atoms with van der Waals surface area (Å²) in [5.74, 6) is -1.29. The normalized spacial score (nSPS) is 18.5. The van der Waals surface area contributed by atoms with Crippen LogP contribution in [0.25, 0.3) is 0 Å². The molecule has 1 saturated heterocycles. The average molecular weight is 220 g/mol. The maximum absolute atomic E-state index is 11.2. The molecule has 0 aromatic carbocycles. The van der Waals surface area contributed by atoms with Gasteiger partial charge in [-0.15, -0.1) is 0 Å². The fourth-order valence-corrected chi connectivity index (χ4v) is 2.10. The highest BCUT2D eigenvalue weighted by Gasteiger charge is 2.25. The Bertz CT molecular complexity index is 347. The minimum absolute atomic E-state index is 0.501. The molecule has 0 saturated carbocycles. The van der Waals surface area contributed by atoms with Gasteiger partial charge in [0.05, 0.1) is 5.69 Å². The van der Waals surface area contributed by atoms with Crippen molar-refractivity contribution in [1.82, 2.24) is 9.88 Å². The van der Waals surface area contributed by atoms with Crippen LogP contribution in [0.1, 0.15) is 24.5 Å². The Labute approximate surface area is 94.9 Å². The van der Waals surface area contributed by atoms with Crippen LogP contribution in [0.15, 0.2) is 24.4 Å². The molecule has 4 nitrogen and oxygen atoms in total. The lowest BCUT2D eigenvalue weighted by atomic mass is 10.0. The Morgan fingerprint density at radius 2 is 2.19 bits per heavy atom. The van der Waals surface area contributed by atoms with Crippen molar-refractivity contribution in [2.24, 2.45) is 0 Å².